The second-order valence-corrected chi connectivity index (χ2v) is 8.96. The zero-order valence-corrected chi connectivity index (χ0v) is 21.5. The van der Waals surface area contributed by atoms with Crippen LogP contribution in [0.4, 0.5) is 0 Å². The number of aliphatic hydroxyl groups excluding tert-OH is 1. The van der Waals surface area contributed by atoms with E-state index < -0.39 is 18.1 Å². The molecule has 0 saturated heterocycles. The molecule has 0 aromatic heterocycles. The summed E-state index contributed by atoms with van der Waals surface area (Å²) in [6.45, 7) is 1.63. The average molecular weight is 521 g/mol. The van der Waals surface area contributed by atoms with E-state index in [-0.39, 0.29) is 6.54 Å². The van der Waals surface area contributed by atoms with Crippen molar-refractivity contribution in [2.75, 3.05) is 26.9 Å². The highest BCUT2D eigenvalue weighted by Crippen LogP contribution is 2.31. The molecular weight excluding hydrogens is 492 g/mol. The Morgan fingerprint density at radius 1 is 1.11 bits per heavy atom. The van der Waals surface area contributed by atoms with Crippen LogP contribution in [0.1, 0.15) is 29.2 Å². The van der Waals surface area contributed by atoms with Crippen LogP contribution < -0.4 is 10.1 Å². The van der Waals surface area contributed by atoms with Crippen molar-refractivity contribution in [2.24, 2.45) is 0 Å². The molecule has 0 aliphatic heterocycles. The van der Waals surface area contributed by atoms with Crippen LogP contribution in [0.15, 0.2) is 60.7 Å². The van der Waals surface area contributed by atoms with E-state index in [2.05, 4.69) is 11.4 Å². The molecule has 8 heteroatoms. The number of carboxylic acids is 1. The molecule has 0 aliphatic rings. The Morgan fingerprint density at radius 2 is 1.84 bits per heavy atom. The number of rotatable bonds is 12. The summed E-state index contributed by atoms with van der Waals surface area (Å²) in [6, 6.07) is 21.1. The Morgan fingerprint density at radius 3 is 2.49 bits per heavy atom. The van der Waals surface area contributed by atoms with Crippen molar-refractivity contribution in [2.45, 2.75) is 19.0 Å². The molecule has 0 spiro atoms. The molecule has 0 fully saturated rings. The molecule has 1 atom stereocenters. The maximum atomic E-state index is 11.6. The van der Waals surface area contributed by atoms with Gasteiger partial charge >= 0.3 is 5.97 Å². The molecule has 3 aromatic carbocycles. The zero-order valence-electron chi connectivity index (χ0n) is 20.7. The van der Waals surface area contributed by atoms with Crippen molar-refractivity contribution >= 4 is 29.7 Å². The monoisotopic (exact) mass is 520 g/mol. The van der Waals surface area contributed by atoms with Gasteiger partial charge in [0.25, 0.3) is 0 Å². The third-order valence-corrected chi connectivity index (χ3v) is 6.23. The van der Waals surface area contributed by atoms with Gasteiger partial charge in [0.05, 0.1) is 23.8 Å². The Hall–Kier alpha value is -3.67. The fraction of sp³-hybridized carbons (Fsp3) is 0.241. The van der Waals surface area contributed by atoms with E-state index in [4.69, 9.17) is 21.1 Å². The van der Waals surface area contributed by atoms with Crippen molar-refractivity contribution in [1.82, 2.24) is 5.32 Å². The number of nitrogens with one attached hydrogen (secondary N) is 1. The van der Waals surface area contributed by atoms with Gasteiger partial charge in [0, 0.05) is 19.2 Å². The summed E-state index contributed by atoms with van der Waals surface area (Å²) in [5, 5.41) is 32.3. The highest BCUT2D eigenvalue weighted by atomic mass is 35.5. The Kier molecular flexibility index (Phi) is 9.84. The van der Waals surface area contributed by atoms with Gasteiger partial charge < -0.3 is 19.7 Å². The SMILES string of the molecule is COCCOc1cc(/C=C/c2cccc(-c3ccccc3)c2C#N)c(CN[C@@](C)(CO)C(=O)O)cc1Cl. The predicted octanol–water partition coefficient (Wildman–Crippen LogP) is 5.00. The van der Waals surface area contributed by atoms with Gasteiger partial charge in [-0.15, -0.1) is 0 Å². The lowest BCUT2D eigenvalue weighted by Crippen LogP contribution is -2.52. The number of hydrogen-bond acceptors (Lipinski definition) is 6. The van der Waals surface area contributed by atoms with Crippen LogP contribution in [0.25, 0.3) is 23.3 Å². The van der Waals surface area contributed by atoms with Gasteiger partial charge in [0.15, 0.2) is 0 Å². The normalized spacial score (nSPS) is 12.7. The third kappa shape index (κ3) is 6.97. The number of carboxylic acid groups (broad SMARTS) is 1. The topological polar surface area (TPSA) is 112 Å². The van der Waals surface area contributed by atoms with Crippen LogP contribution >= 0.6 is 11.6 Å². The van der Waals surface area contributed by atoms with Gasteiger partial charge in [-0.05, 0) is 41.3 Å². The highest BCUT2D eigenvalue weighted by molar-refractivity contribution is 6.32. The van der Waals surface area contributed by atoms with Crippen molar-refractivity contribution < 1.29 is 24.5 Å². The molecule has 3 aromatic rings. The molecule has 192 valence electrons. The highest BCUT2D eigenvalue weighted by Gasteiger charge is 2.31. The second kappa shape index (κ2) is 13.0. The first-order valence-corrected chi connectivity index (χ1v) is 12.0. The molecule has 3 rings (SSSR count). The second-order valence-electron chi connectivity index (χ2n) is 8.55. The van der Waals surface area contributed by atoms with Crippen LogP contribution in [0.3, 0.4) is 0 Å². The molecule has 0 bridgehead atoms. The Bertz CT molecular complexity index is 1300. The minimum atomic E-state index is -1.53. The van der Waals surface area contributed by atoms with Crippen LogP contribution in [0.5, 0.6) is 5.75 Å². The third-order valence-electron chi connectivity index (χ3n) is 5.93. The molecule has 0 amide bonds. The number of nitrogens with zero attached hydrogens (tertiary/aromatic N) is 1. The number of methoxy groups -OCH3 is 1. The first-order valence-electron chi connectivity index (χ1n) is 11.6. The minimum Gasteiger partial charge on any atom is -0.490 e. The lowest BCUT2D eigenvalue weighted by atomic mass is 9.95. The summed E-state index contributed by atoms with van der Waals surface area (Å²) in [4.78, 5) is 11.6. The number of benzene rings is 3. The molecule has 0 heterocycles. The summed E-state index contributed by atoms with van der Waals surface area (Å²) in [7, 11) is 1.57. The fourth-order valence-corrected chi connectivity index (χ4v) is 3.87. The number of aliphatic carboxylic acids is 1. The molecule has 0 radical (unpaired) electrons. The van der Waals surface area contributed by atoms with Gasteiger partial charge in [-0.3, -0.25) is 10.1 Å². The van der Waals surface area contributed by atoms with Crippen molar-refractivity contribution in [1.29, 1.82) is 5.26 Å². The quantitative estimate of drug-likeness (QED) is 0.227. The van der Waals surface area contributed by atoms with Crippen LogP contribution in [-0.2, 0) is 16.1 Å². The maximum Gasteiger partial charge on any atom is 0.326 e. The van der Waals surface area contributed by atoms with Gasteiger partial charge in [0.1, 0.15) is 24.0 Å². The maximum absolute atomic E-state index is 11.6. The lowest BCUT2D eigenvalue weighted by molar-refractivity contribution is -0.145. The molecule has 0 unspecified atom stereocenters. The van der Waals surface area contributed by atoms with Crippen molar-refractivity contribution in [3.63, 3.8) is 0 Å². The molecular formula is C29H29ClN2O5. The van der Waals surface area contributed by atoms with Crippen LogP contribution in [0, 0.1) is 11.3 Å². The Balaban J connectivity index is 2.02. The van der Waals surface area contributed by atoms with Crippen molar-refractivity contribution in [3.8, 4) is 22.9 Å². The van der Waals surface area contributed by atoms with Crippen LogP contribution in [-0.4, -0.2) is 48.7 Å². The van der Waals surface area contributed by atoms with Gasteiger partial charge in [-0.2, -0.15) is 5.26 Å². The summed E-state index contributed by atoms with van der Waals surface area (Å²) >= 11 is 6.45. The molecule has 0 aliphatic carbocycles. The largest absolute Gasteiger partial charge is 0.490 e. The molecule has 3 N–H and O–H groups in total. The molecule has 7 nitrogen and oxygen atoms in total. The summed E-state index contributed by atoms with van der Waals surface area (Å²) in [5.74, 6) is -0.724. The van der Waals surface area contributed by atoms with Crippen LogP contribution in [0.2, 0.25) is 5.02 Å². The first kappa shape index (κ1) is 27.9. The first-order chi connectivity index (χ1) is 17.8. The molecule has 37 heavy (non-hydrogen) atoms. The average Bonchev–Trinajstić information content (AvgIpc) is 2.92. The van der Waals surface area contributed by atoms with E-state index in [1.807, 2.05) is 60.7 Å². The van der Waals surface area contributed by atoms with Gasteiger partial charge in [-0.25, -0.2) is 0 Å². The molecule has 0 saturated carbocycles. The summed E-state index contributed by atoms with van der Waals surface area (Å²) in [6.07, 6.45) is 3.66. The predicted molar refractivity (Wildman–Crippen MR) is 144 cm³/mol. The minimum absolute atomic E-state index is 0.121. The van der Waals surface area contributed by atoms with E-state index in [9.17, 15) is 20.3 Å². The summed E-state index contributed by atoms with van der Waals surface area (Å²) < 4.78 is 10.8. The fourth-order valence-electron chi connectivity index (χ4n) is 3.63. The standard InChI is InChI=1S/C29H29ClN2O5/c1-29(19-33,28(34)35)32-18-23-15-26(30)27(37-14-13-36-2)16-22(23)12-11-21-9-6-10-24(25(21)17-31)20-7-4-3-5-8-20/h3-12,15-16,32-33H,13-14,18-19H2,1-2H3,(H,34,35)/b12-11+/t29-/m0/s1. The van der Waals surface area contributed by atoms with E-state index in [0.29, 0.717) is 40.7 Å². The number of hydrogen-bond donors (Lipinski definition) is 3. The lowest BCUT2D eigenvalue weighted by Gasteiger charge is -2.24. The number of halogens is 1. The van der Waals surface area contributed by atoms with Gasteiger partial charge in [-0.1, -0.05) is 72.3 Å². The van der Waals surface area contributed by atoms with E-state index in [0.717, 1.165) is 16.7 Å². The van der Waals surface area contributed by atoms with Crippen molar-refractivity contribution in [3.05, 3.63) is 87.9 Å². The number of aliphatic hydroxyl groups is 1. The number of ether oxygens (including phenoxy) is 2. The van der Waals surface area contributed by atoms with E-state index in [1.54, 1.807) is 19.2 Å². The summed E-state index contributed by atoms with van der Waals surface area (Å²) in [5.41, 5.74) is 2.91. The zero-order chi connectivity index (χ0) is 26.8. The van der Waals surface area contributed by atoms with Gasteiger partial charge in [0.2, 0.25) is 0 Å². The smallest absolute Gasteiger partial charge is 0.326 e. The van der Waals surface area contributed by atoms with E-state index in [1.165, 1.54) is 6.92 Å². The van der Waals surface area contributed by atoms with E-state index >= 15 is 0 Å². The Labute approximate surface area is 221 Å². The number of carbonyl (C=O) groups is 1. The number of nitriles is 1.